The van der Waals surface area contributed by atoms with Crippen LogP contribution in [-0.4, -0.2) is 29.5 Å². The fourth-order valence-electron chi connectivity index (χ4n) is 4.33. The topological polar surface area (TPSA) is 68.3 Å². The van der Waals surface area contributed by atoms with E-state index in [9.17, 15) is 9.59 Å². The van der Waals surface area contributed by atoms with Gasteiger partial charge in [-0.3, -0.25) is 9.78 Å². The van der Waals surface area contributed by atoms with Gasteiger partial charge in [0.15, 0.2) is 6.61 Å². The Morgan fingerprint density at radius 3 is 2.57 bits per heavy atom. The lowest BCUT2D eigenvalue weighted by Gasteiger charge is -2.35. The Morgan fingerprint density at radius 2 is 1.90 bits per heavy atom. The highest BCUT2D eigenvalue weighted by molar-refractivity contribution is 6.05. The van der Waals surface area contributed by atoms with Crippen molar-refractivity contribution in [3.05, 3.63) is 41.1 Å². The number of fused-ring (bicyclic) bond motifs is 2. The summed E-state index contributed by atoms with van der Waals surface area (Å²) in [4.78, 5) is 30.3. The molecular formula is C25H34N2O3. The molecule has 0 saturated carbocycles. The number of carbonyl (C=O) groups excluding carboxylic acids is 2. The highest BCUT2D eigenvalue weighted by Gasteiger charge is 2.33. The largest absolute Gasteiger partial charge is 0.452 e. The number of hydrogen-bond donors (Lipinski definition) is 1. The van der Waals surface area contributed by atoms with Crippen LogP contribution < -0.4 is 5.32 Å². The average Bonchev–Trinajstić information content (AvgIpc) is 2.72. The van der Waals surface area contributed by atoms with Crippen molar-refractivity contribution in [3.63, 3.8) is 0 Å². The van der Waals surface area contributed by atoms with Gasteiger partial charge in [-0.05, 0) is 55.1 Å². The number of rotatable bonds is 6. The summed E-state index contributed by atoms with van der Waals surface area (Å²) < 4.78 is 5.50. The van der Waals surface area contributed by atoms with Gasteiger partial charge in [0.2, 0.25) is 0 Å². The van der Waals surface area contributed by atoms with Crippen LogP contribution >= 0.6 is 0 Å². The average molecular weight is 411 g/mol. The van der Waals surface area contributed by atoms with Crippen LogP contribution in [0.5, 0.6) is 0 Å². The minimum absolute atomic E-state index is 0.110. The van der Waals surface area contributed by atoms with Crippen LogP contribution in [-0.2, 0) is 22.4 Å². The van der Waals surface area contributed by atoms with E-state index < -0.39 is 5.97 Å². The van der Waals surface area contributed by atoms with Gasteiger partial charge in [-0.1, -0.05) is 52.8 Å². The highest BCUT2D eigenvalue weighted by Crippen LogP contribution is 2.39. The van der Waals surface area contributed by atoms with E-state index >= 15 is 0 Å². The van der Waals surface area contributed by atoms with E-state index in [4.69, 9.17) is 9.72 Å². The van der Waals surface area contributed by atoms with E-state index in [1.54, 1.807) is 0 Å². The standard InChI is InChI=1S/C25H34N2O3/c1-6-17(7-2)26-22(28)15-30-24(29)23-18-10-8-9-11-20(18)27-21-13-12-16(14-19(21)23)25(3,4)5/h8-11,16-17H,6-7,12-15H2,1-5H3,(H,26,28). The van der Waals surface area contributed by atoms with Crippen molar-refractivity contribution in [2.24, 2.45) is 11.3 Å². The molecule has 1 unspecified atom stereocenters. The first kappa shape index (κ1) is 22.3. The van der Waals surface area contributed by atoms with Gasteiger partial charge in [-0.25, -0.2) is 4.79 Å². The molecule has 3 rings (SSSR count). The third-order valence-corrected chi connectivity index (χ3v) is 6.37. The maximum Gasteiger partial charge on any atom is 0.339 e. The smallest absolute Gasteiger partial charge is 0.339 e. The molecule has 1 atom stereocenters. The lowest BCUT2D eigenvalue weighted by Crippen LogP contribution is -2.37. The number of aromatic nitrogens is 1. The van der Waals surface area contributed by atoms with Gasteiger partial charge in [-0.2, -0.15) is 0 Å². The molecule has 1 amide bonds. The molecule has 0 saturated heterocycles. The van der Waals surface area contributed by atoms with Crippen molar-refractivity contribution < 1.29 is 14.3 Å². The van der Waals surface area contributed by atoms with Gasteiger partial charge in [0.1, 0.15) is 0 Å². The Bertz CT molecular complexity index is 926. The number of carbonyl (C=O) groups is 2. The summed E-state index contributed by atoms with van der Waals surface area (Å²) in [6.07, 6.45) is 4.44. The first-order valence-corrected chi connectivity index (χ1v) is 11.1. The molecule has 30 heavy (non-hydrogen) atoms. The second-order valence-electron chi connectivity index (χ2n) is 9.39. The number of nitrogens with one attached hydrogen (secondary N) is 1. The summed E-state index contributed by atoms with van der Waals surface area (Å²) in [6, 6.07) is 7.81. The fourth-order valence-corrected chi connectivity index (χ4v) is 4.33. The summed E-state index contributed by atoms with van der Waals surface area (Å²) in [6.45, 7) is 10.5. The Balaban J connectivity index is 1.90. The zero-order valence-electron chi connectivity index (χ0n) is 18.9. The van der Waals surface area contributed by atoms with Gasteiger partial charge in [0, 0.05) is 17.1 Å². The zero-order chi connectivity index (χ0) is 21.9. The molecule has 1 aliphatic rings. The Labute approximate surface area is 179 Å². The van der Waals surface area contributed by atoms with E-state index in [-0.39, 0.29) is 24.0 Å². The number of para-hydroxylation sites is 1. The monoisotopic (exact) mass is 410 g/mol. The first-order valence-electron chi connectivity index (χ1n) is 11.1. The van der Waals surface area contributed by atoms with Crippen molar-refractivity contribution in [1.82, 2.24) is 10.3 Å². The minimum atomic E-state index is -0.431. The highest BCUT2D eigenvalue weighted by atomic mass is 16.5. The van der Waals surface area contributed by atoms with Crippen molar-refractivity contribution in [2.75, 3.05) is 6.61 Å². The molecule has 1 aromatic carbocycles. The van der Waals surface area contributed by atoms with E-state index in [2.05, 4.69) is 26.1 Å². The molecule has 0 spiro atoms. The summed E-state index contributed by atoms with van der Waals surface area (Å²) in [5.74, 6) is -0.214. The van der Waals surface area contributed by atoms with Crippen LogP contribution in [0.1, 0.15) is 75.5 Å². The van der Waals surface area contributed by atoms with Gasteiger partial charge < -0.3 is 10.1 Å². The quantitative estimate of drug-likeness (QED) is 0.692. The van der Waals surface area contributed by atoms with E-state index in [0.29, 0.717) is 11.5 Å². The van der Waals surface area contributed by atoms with Crippen molar-refractivity contribution >= 4 is 22.8 Å². The molecule has 1 heterocycles. The Kier molecular flexibility index (Phi) is 6.79. The molecule has 2 aromatic rings. The molecule has 5 heteroatoms. The number of esters is 1. The number of benzene rings is 1. The molecule has 0 aliphatic heterocycles. The van der Waals surface area contributed by atoms with Crippen LogP contribution in [0, 0.1) is 11.3 Å². The second-order valence-corrected chi connectivity index (χ2v) is 9.39. The number of hydrogen-bond acceptors (Lipinski definition) is 4. The number of aryl methyl sites for hydroxylation is 1. The molecule has 1 aromatic heterocycles. The van der Waals surface area contributed by atoms with Crippen LogP contribution in [0.25, 0.3) is 10.9 Å². The van der Waals surface area contributed by atoms with Crippen molar-refractivity contribution in [3.8, 4) is 0 Å². The van der Waals surface area contributed by atoms with E-state index in [1.807, 2.05) is 38.1 Å². The SMILES string of the molecule is CCC(CC)NC(=O)COC(=O)c1c2c(nc3ccccc13)CCC(C(C)(C)C)C2. The fraction of sp³-hybridized carbons (Fsp3) is 0.560. The van der Waals surface area contributed by atoms with Gasteiger partial charge in [-0.15, -0.1) is 0 Å². The summed E-state index contributed by atoms with van der Waals surface area (Å²) in [7, 11) is 0. The predicted octanol–water partition coefficient (Wildman–Crippen LogP) is 4.85. The summed E-state index contributed by atoms with van der Waals surface area (Å²) in [5.41, 5.74) is 3.52. The molecule has 5 nitrogen and oxygen atoms in total. The first-order chi connectivity index (χ1) is 14.2. The molecule has 0 fully saturated rings. The Morgan fingerprint density at radius 1 is 1.20 bits per heavy atom. The van der Waals surface area contributed by atoms with Crippen LogP contribution in [0.2, 0.25) is 0 Å². The minimum Gasteiger partial charge on any atom is -0.452 e. The van der Waals surface area contributed by atoms with Crippen LogP contribution in [0.4, 0.5) is 0 Å². The maximum atomic E-state index is 13.2. The predicted molar refractivity (Wildman–Crippen MR) is 120 cm³/mol. The number of ether oxygens (including phenoxy) is 1. The van der Waals surface area contributed by atoms with E-state index in [0.717, 1.165) is 54.3 Å². The third kappa shape index (κ3) is 4.82. The molecule has 162 valence electrons. The second kappa shape index (κ2) is 9.15. The van der Waals surface area contributed by atoms with E-state index in [1.165, 1.54) is 0 Å². The lowest BCUT2D eigenvalue weighted by atomic mass is 9.70. The molecule has 0 radical (unpaired) electrons. The molecule has 1 aliphatic carbocycles. The number of amides is 1. The summed E-state index contributed by atoms with van der Waals surface area (Å²) >= 11 is 0. The number of nitrogens with zero attached hydrogens (tertiary/aromatic N) is 1. The molecular weight excluding hydrogens is 376 g/mol. The van der Waals surface area contributed by atoms with Gasteiger partial charge in [0.05, 0.1) is 11.1 Å². The van der Waals surface area contributed by atoms with Crippen LogP contribution in [0.15, 0.2) is 24.3 Å². The summed E-state index contributed by atoms with van der Waals surface area (Å²) in [5, 5.41) is 3.72. The van der Waals surface area contributed by atoms with Crippen molar-refractivity contribution in [1.29, 1.82) is 0 Å². The Hall–Kier alpha value is -2.43. The van der Waals surface area contributed by atoms with Crippen LogP contribution in [0.3, 0.4) is 0 Å². The zero-order valence-corrected chi connectivity index (χ0v) is 18.9. The van der Waals surface area contributed by atoms with Gasteiger partial charge in [0.25, 0.3) is 5.91 Å². The van der Waals surface area contributed by atoms with Crippen molar-refractivity contribution in [2.45, 2.75) is 72.8 Å². The number of pyridine rings is 1. The lowest BCUT2D eigenvalue weighted by molar-refractivity contribution is -0.125. The maximum absolute atomic E-state index is 13.2. The van der Waals surface area contributed by atoms with Gasteiger partial charge >= 0.3 is 5.97 Å². The third-order valence-electron chi connectivity index (χ3n) is 6.37. The molecule has 1 N–H and O–H groups in total. The molecule has 0 bridgehead atoms. The normalized spacial score (nSPS) is 16.4.